The quantitative estimate of drug-likeness (QED) is 0.780. The Morgan fingerprint density at radius 2 is 1.81 bits per heavy atom. The van der Waals surface area contributed by atoms with E-state index in [1.165, 1.54) is 6.07 Å². The van der Waals surface area contributed by atoms with Gasteiger partial charge in [0.25, 0.3) is 0 Å². The van der Waals surface area contributed by atoms with Gasteiger partial charge in [-0.25, -0.2) is 9.37 Å². The van der Waals surface area contributed by atoms with Crippen molar-refractivity contribution in [3.05, 3.63) is 52.7 Å². The summed E-state index contributed by atoms with van der Waals surface area (Å²) < 4.78 is 18.8. The largest absolute Gasteiger partial charge is 0.473 e. The fourth-order valence-electron chi connectivity index (χ4n) is 1.31. The van der Waals surface area contributed by atoms with Crippen LogP contribution in [0.5, 0.6) is 5.88 Å². The third-order valence-electron chi connectivity index (χ3n) is 2.14. The van der Waals surface area contributed by atoms with Crippen molar-refractivity contribution in [2.75, 3.05) is 0 Å². The molecule has 0 amide bonds. The number of rotatable bonds is 3. The molecule has 1 aromatic heterocycles. The molecule has 0 spiro atoms. The normalized spacial score (nSPS) is 8.90. The van der Waals surface area contributed by atoms with Crippen molar-refractivity contribution < 1.29 is 9.13 Å². The Bertz CT molecular complexity index is 535. The third kappa shape index (κ3) is 7.04. The second-order valence-electron chi connectivity index (χ2n) is 3.47. The molecule has 116 valence electrons. The number of aromatic nitrogens is 2. The van der Waals surface area contributed by atoms with E-state index in [2.05, 4.69) is 9.97 Å². The fraction of sp³-hybridized carbons (Fsp3) is 0.375. The summed E-state index contributed by atoms with van der Waals surface area (Å²) in [5.41, 5.74) is 0.436. The van der Waals surface area contributed by atoms with Crippen LogP contribution in [0.1, 0.15) is 39.1 Å². The molecule has 0 aliphatic heterocycles. The van der Waals surface area contributed by atoms with Crippen LogP contribution in [0.15, 0.2) is 30.5 Å². The summed E-state index contributed by atoms with van der Waals surface area (Å²) in [6, 6.07) is 6.09. The van der Waals surface area contributed by atoms with Crippen molar-refractivity contribution in [2.45, 2.75) is 41.2 Å². The van der Waals surface area contributed by atoms with Crippen LogP contribution >= 0.6 is 11.6 Å². The molecule has 0 atom stereocenters. The van der Waals surface area contributed by atoms with Crippen LogP contribution in [0.4, 0.5) is 4.39 Å². The van der Waals surface area contributed by atoms with E-state index in [9.17, 15) is 4.39 Å². The number of nitrogens with zero attached hydrogens (tertiary/aromatic N) is 2. The maximum absolute atomic E-state index is 13.4. The summed E-state index contributed by atoms with van der Waals surface area (Å²) in [5, 5.41) is 0.365. The number of halogens is 2. The van der Waals surface area contributed by atoms with Crippen LogP contribution in [0.25, 0.3) is 0 Å². The summed E-state index contributed by atoms with van der Waals surface area (Å²) in [6.07, 6.45) is 1.59. The first-order chi connectivity index (χ1) is 10.1. The van der Waals surface area contributed by atoms with Gasteiger partial charge in [-0.15, -0.1) is 0 Å². The second-order valence-corrected chi connectivity index (χ2v) is 3.90. The van der Waals surface area contributed by atoms with Gasteiger partial charge >= 0.3 is 0 Å². The summed E-state index contributed by atoms with van der Waals surface area (Å²) >= 11 is 5.65. The van der Waals surface area contributed by atoms with Gasteiger partial charge < -0.3 is 4.74 Å². The minimum absolute atomic E-state index is 0.111. The van der Waals surface area contributed by atoms with Gasteiger partial charge in [-0.1, -0.05) is 45.4 Å². The zero-order valence-electron chi connectivity index (χ0n) is 13.2. The molecule has 0 fully saturated rings. The Morgan fingerprint density at radius 1 is 1.14 bits per heavy atom. The Labute approximate surface area is 131 Å². The number of benzene rings is 1. The van der Waals surface area contributed by atoms with E-state index in [4.69, 9.17) is 16.3 Å². The van der Waals surface area contributed by atoms with Crippen LogP contribution in [0.2, 0.25) is 5.02 Å². The highest BCUT2D eigenvalue weighted by molar-refractivity contribution is 6.30. The molecule has 0 N–H and O–H groups in total. The lowest BCUT2D eigenvalue weighted by Crippen LogP contribution is -2.00. The van der Waals surface area contributed by atoms with Crippen molar-refractivity contribution in [3.63, 3.8) is 0 Å². The van der Waals surface area contributed by atoms with E-state index in [0.717, 1.165) is 0 Å². The number of hydrogen-bond donors (Lipinski definition) is 0. The van der Waals surface area contributed by atoms with Crippen molar-refractivity contribution in [2.24, 2.45) is 0 Å². The van der Waals surface area contributed by atoms with Crippen LogP contribution < -0.4 is 4.74 Å². The molecule has 21 heavy (non-hydrogen) atoms. The van der Waals surface area contributed by atoms with Crippen LogP contribution in [-0.4, -0.2) is 9.97 Å². The SMILES string of the molecule is CC.CC.Cc1nccc(OCc2ccc(Cl)cc2F)n1. The lowest BCUT2D eigenvalue weighted by atomic mass is 10.2. The number of hydrogen-bond acceptors (Lipinski definition) is 3. The van der Waals surface area contributed by atoms with Crippen molar-refractivity contribution in [1.82, 2.24) is 9.97 Å². The van der Waals surface area contributed by atoms with E-state index in [-0.39, 0.29) is 12.4 Å². The lowest BCUT2D eigenvalue weighted by molar-refractivity contribution is 0.287. The molecule has 0 aliphatic carbocycles. The van der Waals surface area contributed by atoms with E-state index < -0.39 is 0 Å². The molecule has 0 saturated carbocycles. The van der Waals surface area contributed by atoms with Gasteiger partial charge in [-0.05, 0) is 19.1 Å². The molecule has 0 bridgehead atoms. The maximum Gasteiger partial charge on any atom is 0.216 e. The monoisotopic (exact) mass is 312 g/mol. The first kappa shape index (κ1) is 19.3. The molecular formula is C16H22ClFN2O. The molecule has 0 unspecified atom stereocenters. The summed E-state index contributed by atoms with van der Waals surface area (Å²) in [7, 11) is 0. The number of ether oxygens (including phenoxy) is 1. The molecule has 0 saturated heterocycles. The smallest absolute Gasteiger partial charge is 0.216 e. The van der Waals surface area contributed by atoms with Gasteiger partial charge in [0, 0.05) is 22.8 Å². The summed E-state index contributed by atoms with van der Waals surface area (Å²) in [6.45, 7) is 9.87. The molecule has 3 nitrogen and oxygen atoms in total. The Kier molecular flexibility index (Phi) is 10.1. The van der Waals surface area contributed by atoms with Crippen LogP contribution in [-0.2, 0) is 6.61 Å². The fourth-order valence-corrected chi connectivity index (χ4v) is 1.46. The van der Waals surface area contributed by atoms with Gasteiger partial charge in [0.1, 0.15) is 18.2 Å². The van der Waals surface area contributed by atoms with Gasteiger partial charge in [-0.2, -0.15) is 4.98 Å². The average molecular weight is 313 g/mol. The molecule has 2 rings (SSSR count). The van der Waals surface area contributed by atoms with Gasteiger partial charge in [0.2, 0.25) is 5.88 Å². The molecule has 1 aromatic carbocycles. The second kappa shape index (κ2) is 11.0. The average Bonchev–Trinajstić information content (AvgIpc) is 2.50. The molecule has 2 aromatic rings. The summed E-state index contributed by atoms with van der Waals surface area (Å²) in [5.74, 6) is 0.647. The Hall–Kier alpha value is -1.68. The maximum atomic E-state index is 13.4. The van der Waals surface area contributed by atoms with Crippen molar-refractivity contribution >= 4 is 11.6 Å². The van der Waals surface area contributed by atoms with Crippen molar-refractivity contribution in [3.8, 4) is 5.88 Å². The van der Waals surface area contributed by atoms with E-state index in [1.807, 2.05) is 27.7 Å². The van der Waals surface area contributed by atoms with Crippen LogP contribution in [0, 0.1) is 12.7 Å². The lowest BCUT2D eigenvalue weighted by Gasteiger charge is -2.06. The Morgan fingerprint density at radius 3 is 2.38 bits per heavy atom. The number of aryl methyl sites for hydroxylation is 1. The Balaban J connectivity index is 0.000000921. The minimum Gasteiger partial charge on any atom is -0.473 e. The molecule has 0 radical (unpaired) electrons. The third-order valence-corrected chi connectivity index (χ3v) is 2.38. The zero-order chi connectivity index (χ0) is 16.3. The van der Waals surface area contributed by atoms with Crippen LogP contribution in [0.3, 0.4) is 0 Å². The zero-order valence-corrected chi connectivity index (χ0v) is 13.9. The standard InChI is InChI=1S/C12H10ClFN2O.2C2H6/c1-8-15-5-4-12(16-8)17-7-9-2-3-10(13)6-11(9)14;2*1-2/h2-6H,7H2,1H3;2*1-2H3. The van der Waals surface area contributed by atoms with Gasteiger partial charge in [0.15, 0.2) is 0 Å². The van der Waals surface area contributed by atoms with Gasteiger partial charge in [-0.3, -0.25) is 0 Å². The first-order valence-corrected chi connectivity index (χ1v) is 7.39. The topological polar surface area (TPSA) is 35.0 Å². The molecule has 1 heterocycles. The predicted molar refractivity (Wildman–Crippen MR) is 85.2 cm³/mol. The highest BCUT2D eigenvalue weighted by atomic mass is 35.5. The summed E-state index contributed by atoms with van der Waals surface area (Å²) in [4.78, 5) is 7.99. The highest BCUT2D eigenvalue weighted by Gasteiger charge is 2.04. The van der Waals surface area contributed by atoms with E-state index in [0.29, 0.717) is 22.3 Å². The minimum atomic E-state index is -0.386. The first-order valence-electron chi connectivity index (χ1n) is 7.01. The predicted octanol–water partition coefficient (Wildman–Crippen LogP) is 5.21. The molecule has 0 aliphatic rings. The van der Waals surface area contributed by atoms with Crippen molar-refractivity contribution in [1.29, 1.82) is 0 Å². The molecule has 5 heteroatoms. The molecular weight excluding hydrogens is 291 g/mol. The van der Waals surface area contributed by atoms with Gasteiger partial charge in [0.05, 0.1) is 0 Å². The highest BCUT2D eigenvalue weighted by Crippen LogP contribution is 2.16. The van der Waals surface area contributed by atoms with E-state index in [1.54, 1.807) is 31.3 Å². The van der Waals surface area contributed by atoms with E-state index >= 15 is 0 Å².